The molecule has 2 aromatic rings. The summed E-state index contributed by atoms with van der Waals surface area (Å²) >= 11 is 0. The number of rotatable bonds is 2. The molecular formula is C13H20N4O3. The number of aryl methyl sites for hydroxylation is 2. The largest absolute Gasteiger partial charge is 0.464 e. The first-order chi connectivity index (χ1) is 9.13. The minimum atomic E-state index is -0.400. The predicted molar refractivity (Wildman–Crippen MR) is 76.1 cm³/mol. The van der Waals surface area contributed by atoms with Crippen LogP contribution in [0.3, 0.4) is 0 Å². The second-order valence-electron chi connectivity index (χ2n) is 6.18. The molecule has 0 unspecified atom stereocenters. The summed E-state index contributed by atoms with van der Waals surface area (Å²) in [4.78, 5) is 28.3. The summed E-state index contributed by atoms with van der Waals surface area (Å²) in [6.07, 6.45) is 0. The molecule has 0 aliphatic heterocycles. The van der Waals surface area contributed by atoms with Gasteiger partial charge in [0.05, 0.1) is 6.61 Å². The highest BCUT2D eigenvalue weighted by atomic mass is 16.5. The summed E-state index contributed by atoms with van der Waals surface area (Å²) in [6.45, 7) is 6.61. The first-order valence-electron chi connectivity index (χ1n) is 6.39. The molecule has 0 saturated heterocycles. The number of hydrogen-bond acceptors (Lipinski definition) is 4. The summed E-state index contributed by atoms with van der Waals surface area (Å²) in [5, 5.41) is 0. The van der Waals surface area contributed by atoms with Crippen LogP contribution in [0.4, 0.5) is 0 Å². The molecule has 0 amide bonds. The van der Waals surface area contributed by atoms with Crippen LogP contribution in [0.5, 0.6) is 6.01 Å². The molecule has 0 aliphatic carbocycles. The fraction of sp³-hybridized carbons (Fsp3) is 0.615. The van der Waals surface area contributed by atoms with Gasteiger partial charge in [-0.2, -0.15) is 4.98 Å². The molecule has 0 atom stereocenters. The van der Waals surface area contributed by atoms with E-state index in [0.717, 1.165) is 4.57 Å². The average molecular weight is 280 g/mol. The maximum atomic E-state index is 12.2. The van der Waals surface area contributed by atoms with Crippen molar-refractivity contribution in [1.82, 2.24) is 18.7 Å². The highest BCUT2D eigenvalue weighted by Gasteiger charge is 2.19. The molecule has 2 aromatic heterocycles. The highest BCUT2D eigenvalue weighted by molar-refractivity contribution is 5.71. The van der Waals surface area contributed by atoms with E-state index in [1.165, 1.54) is 11.6 Å². The van der Waals surface area contributed by atoms with Crippen LogP contribution in [0.2, 0.25) is 0 Å². The van der Waals surface area contributed by atoms with E-state index in [1.54, 1.807) is 18.7 Å². The van der Waals surface area contributed by atoms with Crippen LogP contribution in [0, 0.1) is 5.41 Å². The van der Waals surface area contributed by atoms with Crippen molar-refractivity contribution < 1.29 is 4.74 Å². The molecule has 2 heterocycles. The maximum absolute atomic E-state index is 12.2. The summed E-state index contributed by atoms with van der Waals surface area (Å²) in [7, 11) is 4.75. The molecule has 20 heavy (non-hydrogen) atoms. The van der Waals surface area contributed by atoms with Gasteiger partial charge in [0.1, 0.15) is 0 Å². The van der Waals surface area contributed by atoms with E-state index < -0.39 is 5.69 Å². The predicted octanol–water partition coefficient (Wildman–Crippen LogP) is 0.396. The van der Waals surface area contributed by atoms with Gasteiger partial charge in [-0.15, -0.1) is 0 Å². The van der Waals surface area contributed by atoms with Crippen LogP contribution in [0.25, 0.3) is 11.2 Å². The summed E-state index contributed by atoms with van der Waals surface area (Å²) in [5.41, 5.74) is -0.0932. The molecule has 0 N–H and O–H groups in total. The van der Waals surface area contributed by atoms with E-state index in [2.05, 4.69) is 4.98 Å². The Hall–Kier alpha value is -2.05. The zero-order chi connectivity index (χ0) is 15.2. The molecule has 0 aromatic carbocycles. The van der Waals surface area contributed by atoms with Crippen molar-refractivity contribution in [2.75, 3.05) is 6.61 Å². The van der Waals surface area contributed by atoms with E-state index in [4.69, 9.17) is 4.74 Å². The van der Waals surface area contributed by atoms with Gasteiger partial charge in [0.15, 0.2) is 11.2 Å². The fourth-order valence-corrected chi connectivity index (χ4v) is 1.91. The van der Waals surface area contributed by atoms with E-state index >= 15 is 0 Å². The van der Waals surface area contributed by atoms with Crippen LogP contribution in [-0.4, -0.2) is 25.3 Å². The van der Waals surface area contributed by atoms with Gasteiger partial charge in [-0.1, -0.05) is 20.8 Å². The van der Waals surface area contributed by atoms with Gasteiger partial charge in [0.2, 0.25) is 0 Å². The Balaban J connectivity index is 2.65. The Labute approximate surface area is 116 Å². The monoisotopic (exact) mass is 280 g/mol. The summed E-state index contributed by atoms with van der Waals surface area (Å²) in [6, 6.07) is 0.341. The fourth-order valence-electron chi connectivity index (χ4n) is 1.91. The maximum Gasteiger partial charge on any atom is 0.332 e. The Morgan fingerprint density at radius 3 is 2.20 bits per heavy atom. The van der Waals surface area contributed by atoms with Gasteiger partial charge in [-0.3, -0.25) is 18.5 Å². The normalized spacial score (nSPS) is 12.1. The molecule has 0 fully saturated rings. The zero-order valence-electron chi connectivity index (χ0n) is 12.7. The molecule has 0 bridgehead atoms. The van der Waals surface area contributed by atoms with Crippen LogP contribution in [0.1, 0.15) is 20.8 Å². The molecule has 0 saturated carbocycles. The SMILES string of the molecule is Cn1c(=O)c2c(nc(OCC(C)(C)C)n2C)n(C)c1=O. The smallest absolute Gasteiger partial charge is 0.332 e. The lowest BCUT2D eigenvalue weighted by atomic mass is 9.99. The van der Waals surface area contributed by atoms with E-state index in [9.17, 15) is 9.59 Å². The van der Waals surface area contributed by atoms with Crippen LogP contribution in [-0.2, 0) is 21.1 Å². The number of fused-ring (bicyclic) bond motifs is 1. The van der Waals surface area contributed by atoms with Crippen LogP contribution < -0.4 is 16.0 Å². The molecule has 7 heteroatoms. The molecule has 110 valence electrons. The summed E-state index contributed by atoms with van der Waals surface area (Å²) in [5.74, 6) is 0. The summed E-state index contributed by atoms with van der Waals surface area (Å²) < 4.78 is 9.67. The van der Waals surface area contributed by atoms with Crippen molar-refractivity contribution in [3.8, 4) is 6.01 Å². The van der Waals surface area contributed by atoms with E-state index in [-0.39, 0.29) is 11.0 Å². The minimum absolute atomic E-state index is 0.0189. The third-order valence-corrected chi connectivity index (χ3v) is 3.07. The Morgan fingerprint density at radius 2 is 1.65 bits per heavy atom. The van der Waals surface area contributed by atoms with Crippen molar-refractivity contribution in [1.29, 1.82) is 0 Å². The second kappa shape index (κ2) is 4.50. The van der Waals surface area contributed by atoms with Crippen LogP contribution in [0.15, 0.2) is 9.59 Å². The van der Waals surface area contributed by atoms with Crippen molar-refractivity contribution in [2.45, 2.75) is 20.8 Å². The Morgan fingerprint density at radius 1 is 1.05 bits per heavy atom. The van der Waals surface area contributed by atoms with Gasteiger partial charge in [0.25, 0.3) is 11.6 Å². The molecular weight excluding hydrogens is 260 g/mol. The van der Waals surface area contributed by atoms with Crippen molar-refractivity contribution in [2.24, 2.45) is 26.6 Å². The molecule has 0 aliphatic rings. The molecule has 2 rings (SSSR count). The number of hydrogen-bond donors (Lipinski definition) is 0. The van der Waals surface area contributed by atoms with E-state index in [0.29, 0.717) is 23.8 Å². The average Bonchev–Trinajstić information content (AvgIpc) is 2.68. The van der Waals surface area contributed by atoms with Gasteiger partial charge in [-0.05, 0) is 5.41 Å². The first kappa shape index (κ1) is 14.4. The lowest BCUT2D eigenvalue weighted by Gasteiger charge is -2.17. The minimum Gasteiger partial charge on any atom is -0.464 e. The Bertz CT molecular complexity index is 774. The first-order valence-corrected chi connectivity index (χ1v) is 6.39. The molecule has 7 nitrogen and oxygen atoms in total. The lowest BCUT2D eigenvalue weighted by molar-refractivity contribution is 0.180. The topological polar surface area (TPSA) is 71.1 Å². The third kappa shape index (κ3) is 2.23. The van der Waals surface area contributed by atoms with Gasteiger partial charge in [0, 0.05) is 21.1 Å². The lowest BCUT2D eigenvalue weighted by Crippen LogP contribution is -2.37. The van der Waals surface area contributed by atoms with Gasteiger partial charge >= 0.3 is 5.69 Å². The number of imidazole rings is 1. The zero-order valence-corrected chi connectivity index (χ0v) is 12.7. The van der Waals surface area contributed by atoms with Crippen molar-refractivity contribution >= 4 is 11.2 Å². The quantitative estimate of drug-likeness (QED) is 0.798. The van der Waals surface area contributed by atoms with Crippen LogP contribution >= 0.6 is 0 Å². The van der Waals surface area contributed by atoms with Crippen molar-refractivity contribution in [3.63, 3.8) is 0 Å². The number of nitrogens with zero attached hydrogens (tertiary/aromatic N) is 4. The molecule has 0 spiro atoms. The number of ether oxygens (including phenoxy) is 1. The van der Waals surface area contributed by atoms with Gasteiger partial charge in [-0.25, -0.2) is 4.79 Å². The Kier molecular flexibility index (Phi) is 3.23. The molecule has 0 radical (unpaired) electrons. The second-order valence-corrected chi connectivity index (χ2v) is 6.18. The standard InChI is InChI=1S/C13H20N4O3/c1-13(2,3)7-20-11-14-9-8(15(11)4)10(18)17(6)12(19)16(9)5/h7H2,1-6H3. The number of aromatic nitrogens is 4. The highest BCUT2D eigenvalue weighted by Crippen LogP contribution is 2.19. The third-order valence-electron chi connectivity index (χ3n) is 3.07. The van der Waals surface area contributed by atoms with Crippen molar-refractivity contribution in [3.05, 3.63) is 20.8 Å². The van der Waals surface area contributed by atoms with E-state index in [1.807, 2.05) is 20.8 Å². The van der Waals surface area contributed by atoms with Gasteiger partial charge < -0.3 is 4.74 Å².